The van der Waals surface area contributed by atoms with E-state index in [1.807, 2.05) is 0 Å². The Labute approximate surface area is 80.9 Å². The molecule has 1 aromatic rings. The van der Waals surface area contributed by atoms with Gasteiger partial charge in [0.2, 0.25) is 5.69 Å². The van der Waals surface area contributed by atoms with Crippen LogP contribution in [0.3, 0.4) is 0 Å². The summed E-state index contributed by atoms with van der Waals surface area (Å²) < 4.78 is 32.0. The molecule has 1 heterocycles. The lowest BCUT2D eigenvalue weighted by molar-refractivity contribution is -0.674. The van der Waals surface area contributed by atoms with Crippen LogP contribution in [-0.2, 0) is 17.2 Å². The van der Waals surface area contributed by atoms with Crippen LogP contribution in [0.1, 0.15) is 5.69 Å². The van der Waals surface area contributed by atoms with E-state index < -0.39 is 10.1 Å². The zero-order valence-electron chi connectivity index (χ0n) is 7.32. The van der Waals surface area contributed by atoms with E-state index in [1.165, 1.54) is 16.7 Å². The molecule has 0 fully saturated rings. The number of hydrogen-bond donors (Lipinski definition) is 2. The monoisotopic (exact) mass is 217 g/mol. The van der Waals surface area contributed by atoms with E-state index >= 15 is 0 Å². The van der Waals surface area contributed by atoms with Crippen LogP contribution < -0.4 is 4.57 Å². The Morgan fingerprint density at radius 1 is 1.57 bits per heavy atom. The molecule has 0 atom stereocenters. The minimum absolute atomic E-state index is 0.0949. The van der Waals surface area contributed by atoms with E-state index in [2.05, 4.69) is 5.16 Å². The van der Waals surface area contributed by atoms with Crippen molar-refractivity contribution in [2.24, 2.45) is 12.2 Å². The second-order valence-electron chi connectivity index (χ2n) is 2.59. The molecule has 0 unspecified atom stereocenters. The molecule has 2 N–H and O–H groups in total. The molecule has 0 bridgehead atoms. The van der Waals surface area contributed by atoms with Gasteiger partial charge in [-0.1, -0.05) is 5.16 Å². The Morgan fingerprint density at radius 3 is 2.71 bits per heavy atom. The fraction of sp³-hybridized carbons (Fsp3) is 0.143. The quantitative estimate of drug-likeness (QED) is 0.231. The normalized spacial score (nSPS) is 12.1. The number of oxime groups is 1. The summed E-state index contributed by atoms with van der Waals surface area (Å²) in [5.41, 5.74) is 0.0949. The van der Waals surface area contributed by atoms with Gasteiger partial charge in [0, 0.05) is 6.07 Å². The van der Waals surface area contributed by atoms with Crippen molar-refractivity contribution < 1.29 is 22.7 Å². The lowest BCUT2D eigenvalue weighted by Crippen LogP contribution is -2.34. The molecule has 0 aliphatic rings. The Morgan fingerprint density at radius 2 is 2.21 bits per heavy atom. The van der Waals surface area contributed by atoms with Gasteiger partial charge in [-0.2, -0.15) is 13.0 Å². The average Bonchev–Trinajstić information content (AvgIpc) is 2.07. The predicted octanol–water partition coefficient (Wildman–Crippen LogP) is -0.434. The number of nitrogens with zero attached hydrogens (tertiary/aromatic N) is 2. The third-order valence-corrected chi connectivity index (χ3v) is 2.55. The van der Waals surface area contributed by atoms with E-state index in [9.17, 15) is 8.42 Å². The van der Waals surface area contributed by atoms with Crippen LogP contribution in [0.15, 0.2) is 28.4 Å². The maximum atomic E-state index is 10.9. The lowest BCUT2D eigenvalue weighted by Gasteiger charge is -1.98. The molecule has 14 heavy (non-hydrogen) atoms. The van der Waals surface area contributed by atoms with Crippen LogP contribution in [0.4, 0.5) is 0 Å². The Balaban J connectivity index is 3.52. The molecule has 0 aliphatic carbocycles. The largest absolute Gasteiger partial charge is 0.411 e. The zero-order valence-corrected chi connectivity index (χ0v) is 8.14. The van der Waals surface area contributed by atoms with Crippen LogP contribution in [0.5, 0.6) is 0 Å². The summed E-state index contributed by atoms with van der Waals surface area (Å²) in [6.45, 7) is 0. The predicted molar refractivity (Wildman–Crippen MR) is 46.8 cm³/mol. The van der Waals surface area contributed by atoms with E-state index in [-0.39, 0.29) is 10.6 Å². The first-order chi connectivity index (χ1) is 6.46. The Bertz CT molecular complexity index is 467. The first kappa shape index (κ1) is 10.6. The molecule has 0 aliphatic heterocycles. The van der Waals surface area contributed by atoms with Crippen LogP contribution in [-0.4, -0.2) is 24.4 Å². The van der Waals surface area contributed by atoms with Crippen LogP contribution in [0.25, 0.3) is 0 Å². The first-order valence-corrected chi connectivity index (χ1v) is 5.04. The van der Waals surface area contributed by atoms with Gasteiger partial charge in [-0.05, 0) is 6.07 Å². The summed E-state index contributed by atoms with van der Waals surface area (Å²) in [5.74, 6) is 0. The van der Waals surface area contributed by atoms with Crippen molar-refractivity contribution in [1.29, 1.82) is 0 Å². The minimum Gasteiger partial charge on any atom is -0.411 e. The van der Waals surface area contributed by atoms with Crippen molar-refractivity contribution >= 4 is 16.3 Å². The van der Waals surface area contributed by atoms with Gasteiger partial charge in [0.15, 0.2) is 11.1 Å². The van der Waals surface area contributed by atoms with E-state index in [1.54, 1.807) is 13.2 Å². The highest BCUT2D eigenvalue weighted by molar-refractivity contribution is 7.85. The van der Waals surface area contributed by atoms with E-state index in [0.717, 1.165) is 6.21 Å². The number of pyridine rings is 1. The SMILES string of the molecule is C[n+]1cccc(S(=O)(=O)O)c1/C=N/O. The van der Waals surface area contributed by atoms with Crippen molar-refractivity contribution in [3.63, 3.8) is 0 Å². The maximum absolute atomic E-state index is 10.9. The second kappa shape index (κ2) is 3.72. The maximum Gasteiger partial charge on any atom is 0.301 e. The van der Waals surface area contributed by atoms with E-state index in [4.69, 9.17) is 9.76 Å². The van der Waals surface area contributed by atoms with Gasteiger partial charge in [0.25, 0.3) is 0 Å². The summed E-state index contributed by atoms with van der Waals surface area (Å²) in [6, 6.07) is 2.67. The van der Waals surface area contributed by atoms with Crippen molar-refractivity contribution in [1.82, 2.24) is 0 Å². The molecular formula is C7H9N2O4S+. The fourth-order valence-corrected chi connectivity index (χ4v) is 1.74. The van der Waals surface area contributed by atoms with Gasteiger partial charge < -0.3 is 5.21 Å². The van der Waals surface area contributed by atoms with Gasteiger partial charge in [-0.25, -0.2) is 0 Å². The van der Waals surface area contributed by atoms with Crippen LogP contribution in [0, 0.1) is 0 Å². The average molecular weight is 217 g/mol. The summed E-state index contributed by atoms with van der Waals surface area (Å²) in [5, 5.41) is 11.0. The van der Waals surface area contributed by atoms with Crippen molar-refractivity contribution in [3.8, 4) is 0 Å². The number of rotatable bonds is 2. The molecule has 76 valence electrons. The van der Waals surface area contributed by atoms with Crippen molar-refractivity contribution in [2.75, 3.05) is 0 Å². The number of aryl methyl sites for hydroxylation is 1. The summed E-state index contributed by atoms with van der Waals surface area (Å²) >= 11 is 0. The minimum atomic E-state index is -4.30. The highest BCUT2D eigenvalue weighted by Crippen LogP contribution is 2.08. The number of hydrogen-bond acceptors (Lipinski definition) is 4. The molecule has 0 spiro atoms. The third kappa shape index (κ3) is 2.06. The fourth-order valence-electron chi connectivity index (χ4n) is 1.03. The molecule has 0 saturated heterocycles. The molecule has 1 rings (SSSR count). The molecule has 0 saturated carbocycles. The smallest absolute Gasteiger partial charge is 0.301 e. The number of aromatic nitrogens is 1. The molecular weight excluding hydrogens is 208 g/mol. The molecule has 1 aromatic heterocycles. The van der Waals surface area contributed by atoms with Gasteiger partial charge in [-0.3, -0.25) is 4.55 Å². The molecule has 6 nitrogen and oxygen atoms in total. The summed E-state index contributed by atoms with van der Waals surface area (Å²) in [7, 11) is -2.74. The van der Waals surface area contributed by atoms with Crippen LogP contribution in [0.2, 0.25) is 0 Å². The second-order valence-corrected chi connectivity index (χ2v) is 3.98. The Kier molecular flexibility index (Phi) is 2.82. The highest BCUT2D eigenvalue weighted by atomic mass is 32.2. The molecule has 0 aromatic carbocycles. The van der Waals surface area contributed by atoms with Gasteiger partial charge in [0.05, 0.1) is 0 Å². The van der Waals surface area contributed by atoms with Crippen LogP contribution >= 0.6 is 0 Å². The van der Waals surface area contributed by atoms with Crippen molar-refractivity contribution in [3.05, 3.63) is 24.0 Å². The lowest BCUT2D eigenvalue weighted by atomic mass is 10.3. The van der Waals surface area contributed by atoms with Gasteiger partial charge in [-0.15, -0.1) is 0 Å². The topological polar surface area (TPSA) is 90.8 Å². The van der Waals surface area contributed by atoms with E-state index in [0.29, 0.717) is 0 Å². The molecule has 7 heteroatoms. The molecule has 0 amide bonds. The van der Waals surface area contributed by atoms with Crippen molar-refractivity contribution in [2.45, 2.75) is 4.90 Å². The third-order valence-electron chi connectivity index (χ3n) is 1.65. The van der Waals surface area contributed by atoms with Gasteiger partial charge in [0.1, 0.15) is 13.3 Å². The van der Waals surface area contributed by atoms with Gasteiger partial charge >= 0.3 is 10.1 Å². The Hall–Kier alpha value is -1.47. The standard InChI is InChI=1S/C7H8N2O4S/c1-9-4-2-3-7(14(11,12)13)6(9)5-8-10/h2-5H,1H3,(H,11,12,13)/p+1. The first-order valence-electron chi connectivity index (χ1n) is 3.60. The highest BCUT2D eigenvalue weighted by Gasteiger charge is 2.21. The molecule has 0 radical (unpaired) electrons. The summed E-state index contributed by atoms with van der Waals surface area (Å²) in [6.07, 6.45) is 2.49. The zero-order chi connectivity index (χ0) is 10.8. The summed E-state index contributed by atoms with van der Waals surface area (Å²) in [4.78, 5) is -0.305.